The van der Waals surface area contributed by atoms with E-state index in [4.69, 9.17) is 4.74 Å². The van der Waals surface area contributed by atoms with E-state index in [2.05, 4.69) is 34.1 Å². The van der Waals surface area contributed by atoms with Crippen LogP contribution in [0, 0.1) is 0 Å². The lowest BCUT2D eigenvalue weighted by Crippen LogP contribution is -2.52. The normalized spacial score (nSPS) is 21.0. The average molecular weight is 405 g/mol. The number of para-hydroxylation sites is 2. The predicted molar refractivity (Wildman–Crippen MR) is 117 cm³/mol. The molecule has 2 amide bonds. The van der Waals surface area contributed by atoms with Crippen molar-refractivity contribution in [3.8, 4) is 5.75 Å². The van der Waals surface area contributed by atoms with E-state index in [1.807, 2.05) is 30.3 Å². The van der Waals surface area contributed by atoms with E-state index in [0.717, 1.165) is 32.7 Å². The summed E-state index contributed by atoms with van der Waals surface area (Å²) in [6.07, 6.45) is 4.54. The number of carbonyl (C=O) groups is 2. The van der Waals surface area contributed by atoms with Gasteiger partial charge in [-0.3, -0.25) is 19.4 Å². The fraction of sp³-hybridized carbons (Fsp3) is 0.333. The van der Waals surface area contributed by atoms with Crippen LogP contribution < -0.4 is 9.64 Å². The first kappa shape index (κ1) is 20.3. The highest BCUT2D eigenvalue weighted by Gasteiger charge is 2.44. The summed E-state index contributed by atoms with van der Waals surface area (Å²) in [5, 5.41) is 0. The number of rotatable bonds is 6. The van der Waals surface area contributed by atoms with Crippen LogP contribution in [0.1, 0.15) is 12.0 Å². The molecule has 2 aliphatic rings. The zero-order chi connectivity index (χ0) is 20.9. The number of imide groups is 1. The minimum Gasteiger partial charge on any atom is -0.495 e. The molecule has 6 heteroatoms. The Hall–Kier alpha value is -2.96. The van der Waals surface area contributed by atoms with Crippen LogP contribution in [-0.4, -0.2) is 67.5 Å². The topological polar surface area (TPSA) is 53.1 Å². The van der Waals surface area contributed by atoms with Crippen molar-refractivity contribution in [2.45, 2.75) is 12.5 Å². The summed E-state index contributed by atoms with van der Waals surface area (Å²) in [5.41, 5.74) is 1.73. The second kappa shape index (κ2) is 9.24. The third-order valence-corrected chi connectivity index (χ3v) is 5.77. The second-order valence-electron chi connectivity index (χ2n) is 7.61. The molecule has 1 atom stereocenters. The van der Waals surface area contributed by atoms with Crippen molar-refractivity contribution < 1.29 is 14.3 Å². The number of hydrogen-bond acceptors (Lipinski definition) is 5. The third-order valence-electron chi connectivity index (χ3n) is 5.77. The Kier molecular flexibility index (Phi) is 6.26. The number of carbonyl (C=O) groups excluding carboxylic acids is 2. The monoisotopic (exact) mass is 405 g/mol. The number of anilines is 1. The van der Waals surface area contributed by atoms with Gasteiger partial charge in [0.1, 0.15) is 5.75 Å². The molecular weight excluding hydrogens is 378 g/mol. The van der Waals surface area contributed by atoms with E-state index in [1.165, 1.54) is 10.5 Å². The minimum atomic E-state index is -0.385. The van der Waals surface area contributed by atoms with Crippen LogP contribution in [-0.2, 0) is 9.59 Å². The SMILES string of the molecule is COc1ccccc1N1C(=O)C[C@H](N2CCN(C/C=C/c3ccccc3)CC2)C1=O. The van der Waals surface area contributed by atoms with Gasteiger partial charge in [0.05, 0.1) is 25.3 Å². The van der Waals surface area contributed by atoms with Gasteiger partial charge in [0.25, 0.3) is 5.91 Å². The van der Waals surface area contributed by atoms with Crippen molar-refractivity contribution in [1.82, 2.24) is 9.80 Å². The van der Waals surface area contributed by atoms with Crippen molar-refractivity contribution in [2.24, 2.45) is 0 Å². The lowest BCUT2D eigenvalue weighted by molar-refractivity contribution is -0.123. The highest BCUT2D eigenvalue weighted by molar-refractivity contribution is 6.23. The highest BCUT2D eigenvalue weighted by atomic mass is 16.5. The Morgan fingerprint density at radius 3 is 2.40 bits per heavy atom. The molecule has 2 saturated heterocycles. The Morgan fingerprint density at radius 2 is 1.67 bits per heavy atom. The number of piperazine rings is 1. The van der Waals surface area contributed by atoms with E-state index in [0.29, 0.717) is 11.4 Å². The Balaban J connectivity index is 1.34. The van der Waals surface area contributed by atoms with Gasteiger partial charge >= 0.3 is 0 Å². The van der Waals surface area contributed by atoms with Gasteiger partial charge < -0.3 is 4.74 Å². The molecule has 2 heterocycles. The molecule has 2 aromatic carbocycles. The average Bonchev–Trinajstić information content (AvgIpc) is 3.08. The first-order chi connectivity index (χ1) is 14.7. The maximum atomic E-state index is 13.1. The summed E-state index contributed by atoms with van der Waals surface area (Å²) < 4.78 is 5.35. The van der Waals surface area contributed by atoms with Crippen LogP contribution in [0.5, 0.6) is 5.75 Å². The molecule has 0 aromatic heterocycles. The van der Waals surface area contributed by atoms with E-state index in [9.17, 15) is 9.59 Å². The summed E-state index contributed by atoms with van der Waals surface area (Å²) >= 11 is 0. The Labute approximate surface area is 177 Å². The molecule has 0 N–H and O–H groups in total. The van der Waals surface area contributed by atoms with Crippen LogP contribution in [0.15, 0.2) is 60.7 Å². The van der Waals surface area contributed by atoms with Crippen LogP contribution in [0.3, 0.4) is 0 Å². The smallest absolute Gasteiger partial charge is 0.251 e. The maximum Gasteiger partial charge on any atom is 0.251 e. The van der Waals surface area contributed by atoms with Gasteiger partial charge in [0.15, 0.2) is 0 Å². The molecule has 0 unspecified atom stereocenters. The van der Waals surface area contributed by atoms with Gasteiger partial charge in [-0.2, -0.15) is 0 Å². The van der Waals surface area contributed by atoms with Gasteiger partial charge in [-0.15, -0.1) is 0 Å². The van der Waals surface area contributed by atoms with Crippen molar-refractivity contribution in [3.05, 3.63) is 66.2 Å². The third kappa shape index (κ3) is 4.30. The molecule has 0 radical (unpaired) electrons. The Bertz CT molecular complexity index is 920. The second-order valence-corrected chi connectivity index (χ2v) is 7.61. The number of benzene rings is 2. The molecule has 6 nitrogen and oxygen atoms in total. The summed E-state index contributed by atoms with van der Waals surface area (Å²) in [6.45, 7) is 4.20. The highest BCUT2D eigenvalue weighted by Crippen LogP contribution is 2.33. The van der Waals surface area contributed by atoms with Crippen LogP contribution in [0.4, 0.5) is 5.69 Å². The van der Waals surface area contributed by atoms with E-state index in [-0.39, 0.29) is 24.3 Å². The first-order valence-corrected chi connectivity index (χ1v) is 10.3. The van der Waals surface area contributed by atoms with Gasteiger partial charge in [0.2, 0.25) is 5.91 Å². The number of methoxy groups -OCH3 is 1. The summed E-state index contributed by atoms with van der Waals surface area (Å²) in [5.74, 6) is 0.222. The first-order valence-electron chi connectivity index (χ1n) is 10.3. The van der Waals surface area contributed by atoms with Crippen molar-refractivity contribution in [2.75, 3.05) is 44.7 Å². The number of nitrogens with zero attached hydrogens (tertiary/aromatic N) is 3. The van der Waals surface area contributed by atoms with Crippen molar-refractivity contribution in [1.29, 1.82) is 0 Å². The summed E-state index contributed by atoms with van der Waals surface area (Å²) in [7, 11) is 1.55. The summed E-state index contributed by atoms with van der Waals surface area (Å²) in [6, 6.07) is 17.0. The maximum absolute atomic E-state index is 13.1. The molecule has 0 bridgehead atoms. The minimum absolute atomic E-state index is 0.151. The molecule has 4 rings (SSSR count). The van der Waals surface area contributed by atoms with E-state index < -0.39 is 0 Å². The van der Waals surface area contributed by atoms with Crippen molar-refractivity contribution >= 4 is 23.6 Å². The number of hydrogen-bond donors (Lipinski definition) is 0. The van der Waals surface area contributed by atoms with Crippen LogP contribution in [0.2, 0.25) is 0 Å². The molecule has 30 heavy (non-hydrogen) atoms. The van der Waals surface area contributed by atoms with Gasteiger partial charge in [0, 0.05) is 32.7 Å². The van der Waals surface area contributed by atoms with Crippen LogP contribution in [0.25, 0.3) is 6.08 Å². The van der Waals surface area contributed by atoms with E-state index in [1.54, 1.807) is 19.2 Å². The lowest BCUT2D eigenvalue weighted by atomic mass is 10.1. The largest absolute Gasteiger partial charge is 0.495 e. The summed E-state index contributed by atoms with van der Waals surface area (Å²) in [4.78, 5) is 31.5. The number of ether oxygens (including phenoxy) is 1. The van der Waals surface area contributed by atoms with Gasteiger partial charge in [-0.25, -0.2) is 4.90 Å². The van der Waals surface area contributed by atoms with Crippen molar-refractivity contribution in [3.63, 3.8) is 0 Å². The number of amides is 2. The molecule has 0 saturated carbocycles. The molecule has 2 aliphatic heterocycles. The van der Waals surface area contributed by atoms with E-state index >= 15 is 0 Å². The fourth-order valence-electron chi connectivity index (χ4n) is 4.13. The standard InChI is InChI=1S/C24H27N3O3/c1-30-22-12-6-5-11-20(22)27-23(28)18-21(24(27)29)26-16-14-25(15-17-26)13-7-10-19-8-3-2-4-9-19/h2-12,21H,13-18H2,1H3/b10-7+/t21-/m0/s1. The predicted octanol–water partition coefficient (Wildman–Crippen LogP) is 2.66. The zero-order valence-electron chi connectivity index (χ0n) is 17.2. The van der Waals surface area contributed by atoms with Gasteiger partial charge in [-0.05, 0) is 17.7 Å². The molecular formula is C24H27N3O3. The lowest BCUT2D eigenvalue weighted by Gasteiger charge is -2.36. The molecule has 2 fully saturated rings. The quantitative estimate of drug-likeness (QED) is 0.692. The molecule has 0 spiro atoms. The molecule has 2 aromatic rings. The van der Waals surface area contributed by atoms with Gasteiger partial charge in [-0.1, -0.05) is 54.6 Å². The Morgan fingerprint density at radius 1 is 0.967 bits per heavy atom. The molecule has 0 aliphatic carbocycles. The fourth-order valence-corrected chi connectivity index (χ4v) is 4.13. The zero-order valence-corrected chi connectivity index (χ0v) is 17.2. The van der Waals surface area contributed by atoms with Crippen LogP contribution >= 0.6 is 0 Å². The molecule has 156 valence electrons.